The number of aliphatic imine (C=N–C) groups is 1. The largest absolute Gasteiger partial charge is 0.370 e. The zero-order valence-electron chi connectivity index (χ0n) is 11.7. The third kappa shape index (κ3) is 4.34. The van der Waals surface area contributed by atoms with Crippen molar-refractivity contribution in [2.45, 2.75) is 19.9 Å². The van der Waals surface area contributed by atoms with E-state index < -0.39 is 23.8 Å². The molecule has 0 aliphatic heterocycles. The van der Waals surface area contributed by atoms with E-state index in [1.165, 1.54) is 12.1 Å². The zero-order valence-corrected chi connectivity index (χ0v) is 11.7. The molecule has 1 atom stereocenters. The second-order valence-electron chi connectivity index (χ2n) is 4.73. The summed E-state index contributed by atoms with van der Waals surface area (Å²) in [5.41, 5.74) is 15.5. The highest BCUT2D eigenvalue weighted by Crippen LogP contribution is 2.06. The van der Waals surface area contributed by atoms with Gasteiger partial charge < -0.3 is 27.5 Å². The summed E-state index contributed by atoms with van der Waals surface area (Å²) < 4.78 is 0. The van der Waals surface area contributed by atoms with Crippen LogP contribution in [0.25, 0.3) is 0 Å². The van der Waals surface area contributed by atoms with Gasteiger partial charge in [-0.3, -0.25) is 14.4 Å². The molecule has 0 unspecified atom stereocenters. The number of hydrogen-bond acceptors (Lipinski definition) is 3. The molecule has 0 saturated carbocycles. The van der Waals surface area contributed by atoms with Crippen molar-refractivity contribution in [2.75, 3.05) is 0 Å². The van der Waals surface area contributed by atoms with Crippen LogP contribution in [-0.4, -0.2) is 34.7 Å². The Kier molecular flexibility index (Phi) is 5.06. The van der Waals surface area contributed by atoms with Crippen molar-refractivity contribution in [2.24, 2.45) is 28.1 Å². The number of H-pyrrole nitrogens is 1. The van der Waals surface area contributed by atoms with Crippen molar-refractivity contribution in [3.63, 3.8) is 0 Å². The number of rotatable bonds is 5. The number of guanidine groups is 1. The molecule has 0 saturated heterocycles. The van der Waals surface area contributed by atoms with E-state index in [0.29, 0.717) is 0 Å². The first-order valence-electron chi connectivity index (χ1n) is 6.15. The van der Waals surface area contributed by atoms with Gasteiger partial charge in [0.25, 0.3) is 11.8 Å². The fraction of sp³-hybridized carbons (Fsp3) is 0.333. The Hall–Kier alpha value is -2.84. The number of nitrogens with zero attached hydrogens (tertiary/aromatic N) is 1. The molecule has 0 aliphatic rings. The van der Waals surface area contributed by atoms with Crippen LogP contribution in [0.4, 0.5) is 0 Å². The SMILES string of the molecule is CC(C)[C@H](NC(=O)c1ccc(C(=O)N=C(N)N)[nH]1)C(N)=O. The molecule has 21 heavy (non-hydrogen) atoms. The van der Waals surface area contributed by atoms with Gasteiger partial charge in [0.05, 0.1) is 0 Å². The molecule has 114 valence electrons. The van der Waals surface area contributed by atoms with Crippen molar-refractivity contribution < 1.29 is 14.4 Å². The number of hydrogen-bond donors (Lipinski definition) is 5. The van der Waals surface area contributed by atoms with E-state index >= 15 is 0 Å². The van der Waals surface area contributed by atoms with Gasteiger partial charge in [-0.1, -0.05) is 13.8 Å². The molecule has 3 amide bonds. The summed E-state index contributed by atoms with van der Waals surface area (Å²) in [5.74, 6) is -2.44. The van der Waals surface area contributed by atoms with Crippen LogP contribution < -0.4 is 22.5 Å². The first-order valence-corrected chi connectivity index (χ1v) is 6.15. The molecule has 0 spiro atoms. The molecule has 0 bridgehead atoms. The molecule has 1 rings (SSSR count). The van der Waals surface area contributed by atoms with Crippen molar-refractivity contribution in [3.8, 4) is 0 Å². The van der Waals surface area contributed by atoms with Gasteiger partial charge in [0.1, 0.15) is 17.4 Å². The smallest absolute Gasteiger partial charge is 0.296 e. The van der Waals surface area contributed by atoms with Crippen molar-refractivity contribution >= 4 is 23.7 Å². The van der Waals surface area contributed by atoms with Crippen LogP contribution in [0.3, 0.4) is 0 Å². The molecule has 1 aromatic rings. The third-order valence-corrected chi connectivity index (χ3v) is 2.65. The standard InChI is InChI=1S/C12H18N6O3/c1-5(2)8(9(13)19)17-10(20)6-3-4-7(16-6)11(21)18-12(14)15/h3-5,8,16H,1-2H3,(H2,13,19)(H,17,20)(H4,14,15,18,21)/t8-/m0/s1. The Balaban J connectivity index is 2.85. The number of aromatic amines is 1. The molecule has 1 heterocycles. The van der Waals surface area contributed by atoms with Gasteiger partial charge in [0.2, 0.25) is 5.91 Å². The number of aromatic nitrogens is 1. The fourth-order valence-corrected chi connectivity index (χ4v) is 1.62. The van der Waals surface area contributed by atoms with Gasteiger partial charge in [0, 0.05) is 0 Å². The van der Waals surface area contributed by atoms with Gasteiger partial charge in [-0.05, 0) is 18.1 Å². The number of nitrogens with two attached hydrogens (primary N) is 3. The minimum atomic E-state index is -0.808. The van der Waals surface area contributed by atoms with E-state index in [-0.39, 0.29) is 23.3 Å². The van der Waals surface area contributed by atoms with Crippen LogP contribution in [0, 0.1) is 5.92 Å². The van der Waals surface area contributed by atoms with Gasteiger partial charge in [-0.2, -0.15) is 4.99 Å². The van der Waals surface area contributed by atoms with Gasteiger partial charge in [0.15, 0.2) is 5.96 Å². The molecule has 0 fully saturated rings. The van der Waals surface area contributed by atoms with E-state index in [0.717, 1.165) is 0 Å². The van der Waals surface area contributed by atoms with E-state index in [4.69, 9.17) is 17.2 Å². The summed E-state index contributed by atoms with van der Waals surface area (Å²) in [5, 5.41) is 2.48. The maximum atomic E-state index is 12.0. The Morgan fingerprint density at radius 2 is 1.71 bits per heavy atom. The van der Waals surface area contributed by atoms with Crippen molar-refractivity contribution in [1.82, 2.24) is 10.3 Å². The van der Waals surface area contributed by atoms with E-state index in [9.17, 15) is 14.4 Å². The van der Waals surface area contributed by atoms with Gasteiger partial charge in [-0.15, -0.1) is 0 Å². The molecule has 9 nitrogen and oxygen atoms in total. The Morgan fingerprint density at radius 1 is 1.14 bits per heavy atom. The Labute approximate surface area is 121 Å². The van der Waals surface area contributed by atoms with Crippen LogP contribution in [0.1, 0.15) is 34.8 Å². The lowest BCUT2D eigenvalue weighted by Gasteiger charge is -2.18. The molecule has 0 aromatic carbocycles. The van der Waals surface area contributed by atoms with Crippen molar-refractivity contribution in [3.05, 3.63) is 23.5 Å². The summed E-state index contributed by atoms with van der Waals surface area (Å²) in [6.45, 7) is 3.50. The lowest BCUT2D eigenvalue weighted by atomic mass is 10.0. The lowest BCUT2D eigenvalue weighted by molar-refractivity contribution is -0.120. The van der Waals surface area contributed by atoms with Crippen LogP contribution in [0.2, 0.25) is 0 Å². The zero-order chi connectivity index (χ0) is 16.2. The van der Waals surface area contributed by atoms with E-state index in [2.05, 4.69) is 15.3 Å². The molecule has 0 aliphatic carbocycles. The molecule has 1 aromatic heterocycles. The van der Waals surface area contributed by atoms with Crippen LogP contribution in [0.5, 0.6) is 0 Å². The van der Waals surface area contributed by atoms with Crippen molar-refractivity contribution in [1.29, 1.82) is 0 Å². The topological polar surface area (TPSA) is 169 Å². The number of primary amides is 1. The lowest BCUT2D eigenvalue weighted by Crippen LogP contribution is -2.47. The summed E-state index contributed by atoms with van der Waals surface area (Å²) >= 11 is 0. The predicted molar refractivity (Wildman–Crippen MR) is 76.2 cm³/mol. The summed E-state index contributed by atoms with van der Waals surface area (Å²) in [6, 6.07) is 1.93. The highest BCUT2D eigenvalue weighted by Gasteiger charge is 2.23. The van der Waals surface area contributed by atoms with Crippen LogP contribution in [-0.2, 0) is 4.79 Å². The second kappa shape index (κ2) is 6.55. The van der Waals surface area contributed by atoms with Crippen LogP contribution >= 0.6 is 0 Å². The first kappa shape index (κ1) is 16.2. The average Bonchev–Trinajstić information content (AvgIpc) is 2.83. The molecule has 9 heteroatoms. The summed E-state index contributed by atoms with van der Waals surface area (Å²) in [4.78, 5) is 40.7. The maximum Gasteiger partial charge on any atom is 0.296 e. The summed E-state index contributed by atoms with van der Waals surface area (Å²) in [7, 11) is 0. The monoisotopic (exact) mass is 294 g/mol. The predicted octanol–water partition coefficient (Wildman–Crippen LogP) is -1.33. The maximum absolute atomic E-state index is 12.0. The van der Waals surface area contributed by atoms with Crippen LogP contribution in [0.15, 0.2) is 17.1 Å². The fourth-order valence-electron chi connectivity index (χ4n) is 1.62. The quantitative estimate of drug-likeness (QED) is 0.334. The normalized spacial score (nSPS) is 11.8. The van der Waals surface area contributed by atoms with E-state index in [1.54, 1.807) is 13.8 Å². The second-order valence-corrected chi connectivity index (χ2v) is 4.73. The molecule has 8 N–H and O–H groups in total. The highest BCUT2D eigenvalue weighted by atomic mass is 16.2. The minimum Gasteiger partial charge on any atom is -0.370 e. The third-order valence-electron chi connectivity index (χ3n) is 2.65. The number of carbonyl (C=O) groups excluding carboxylic acids is 3. The minimum absolute atomic E-state index is 0.0497. The number of amides is 3. The number of carbonyl (C=O) groups is 3. The molecular formula is C12H18N6O3. The summed E-state index contributed by atoms with van der Waals surface area (Å²) in [6.07, 6.45) is 0. The molecular weight excluding hydrogens is 276 g/mol. The Morgan fingerprint density at radius 3 is 2.19 bits per heavy atom. The first-order chi connectivity index (χ1) is 9.72. The van der Waals surface area contributed by atoms with Gasteiger partial charge in [-0.25, -0.2) is 0 Å². The molecule has 0 radical (unpaired) electrons. The Bertz CT molecular complexity index is 586. The van der Waals surface area contributed by atoms with E-state index in [1.807, 2.05) is 0 Å². The number of nitrogens with one attached hydrogen (secondary N) is 2. The highest BCUT2D eigenvalue weighted by molar-refractivity contribution is 6.02. The van der Waals surface area contributed by atoms with Gasteiger partial charge >= 0.3 is 0 Å². The average molecular weight is 294 g/mol.